The van der Waals surface area contributed by atoms with Gasteiger partial charge in [0.2, 0.25) is 0 Å². The SMILES string of the molecule is COc1ccccc1NC(N)=NCCc1ccc(OCCN2CCCC2)cc1.I. The molecule has 0 aliphatic carbocycles. The van der Waals surface area contributed by atoms with Gasteiger partial charge in [-0.1, -0.05) is 24.3 Å². The monoisotopic (exact) mass is 510 g/mol. The number of methoxy groups -OCH3 is 1. The van der Waals surface area contributed by atoms with Crippen LogP contribution < -0.4 is 20.5 Å². The number of likely N-dealkylation sites (tertiary alicyclic amines) is 1. The van der Waals surface area contributed by atoms with Crippen LogP contribution >= 0.6 is 24.0 Å². The van der Waals surface area contributed by atoms with E-state index in [-0.39, 0.29) is 24.0 Å². The molecule has 3 rings (SSSR count). The number of anilines is 1. The van der Waals surface area contributed by atoms with Crippen molar-refractivity contribution in [3.05, 3.63) is 54.1 Å². The van der Waals surface area contributed by atoms with E-state index < -0.39 is 0 Å². The van der Waals surface area contributed by atoms with E-state index in [9.17, 15) is 0 Å². The molecular weight excluding hydrogens is 479 g/mol. The highest BCUT2D eigenvalue weighted by Gasteiger charge is 2.10. The van der Waals surface area contributed by atoms with E-state index in [0.717, 1.165) is 36.8 Å². The van der Waals surface area contributed by atoms with Crippen molar-refractivity contribution >= 4 is 35.6 Å². The van der Waals surface area contributed by atoms with Crippen molar-refractivity contribution in [3.63, 3.8) is 0 Å². The lowest BCUT2D eigenvalue weighted by Crippen LogP contribution is -2.25. The van der Waals surface area contributed by atoms with Crippen LogP contribution in [0.3, 0.4) is 0 Å². The molecule has 2 aromatic rings. The Hall–Kier alpha value is -2.00. The summed E-state index contributed by atoms with van der Waals surface area (Å²) in [5.41, 5.74) is 8.00. The molecule has 0 aromatic heterocycles. The smallest absolute Gasteiger partial charge is 0.193 e. The largest absolute Gasteiger partial charge is 0.495 e. The van der Waals surface area contributed by atoms with E-state index in [0.29, 0.717) is 12.5 Å². The summed E-state index contributed by atoms with van der Waals surface area (Å²) >= 11 is 0. The molecule has 158 valence electrons. The van der Waals surface area contributed by atoms with Gasteiger partial charge < -0.3 is 20.5 Å². The summed E-state index contributed by atoms with van der Waals surface area (Å²) in [4.78, 5) is 6.85. The zero-order valence-electron chi connectivity index (χ0n) is 17.0. The molecule has 3 N–H and O–H groups in total. The Morgan fingerprint density at radius 2 is 1.83 bits per heavy atom. The molecule has 0 spiro atoms. The lowest BCUT2D eigenvalue weighted by molar-refractivity contribution is 0.238. The third-order valence-electron chi connectivity index (χ3n) is 4.85. The number of nitrogens with two attached hydrogens (primary N) is 1. The highest BCUT2D eigenvalue weighted by molar-refractivity contribution is 14.0. The Morgan fingerprint density at radius 3 is 2.55 bits per heavy atom. The Morgan fingerprint density at radius 1 is 1.10 bits per heavy atom. The minimum Gasteiger partial charge on any atom is -0.495 e. The fourth-order valence-corrected chi connectivity index (χ4v) is 3.28. The highest BCUT2D eigenvalue weighted by Crippen LogP contribution is 2.22. The predicted octanol–water partition coefficient (Wildman–Crippen LogP) is 3.76. The second-order valence-corrected chi connectivity index (χ2v) is 6.88. The number of nitrogens with one attached hydrogen (secondary N) is 1. The Balaban J connectivity index is 0.00000300. The molecular formula is C22H31IN4O2. The first-order valence-electron chi connectivity index (χ1n) is 9.88. The molecule has 1 saturated heterocycles. The quantitative estimate of drug-likeness (QED) is 0.306. The average Bonchev–Trinajstić information content (AvgIpc) is 3.23. The van der Waals surface area contributed by atoms with Gasteiger partial charge in [-0.15, -0.1) is 24.0 Å². The van der Waals surface area contributed by atoms with Crippen molar-refractivity contribution in [1.82, 2.24) is 4.90 Å². The number of halogens is 1. The van der Waals surface area contributed by atoms with E-state index in [1.165, 1.54) is 31.5 Å². The maximum atomic E-state index is 5.98. The molecule has 2 aromatic carbocycles. The summed E-state index contributed by atoms with van der Waals surface area (Å²) < 4.78 is 11.1. The van der Waals surface area contributed by atoms with Crippen LogP contribution in [-0.4, -0.2) is 50.8 Å². The molecule has 1 heterocycles. The van der Waals surface area contributed by atoms with E-state index in [4.69, 9.17) is 15.2 Å². The molecule has 0 unspecified atom stereocenters. The number of hydrogen-bond donors (Lipinski definition) is 2. The number of guanidine groups is 1. The standard InChI is InChI=1S/C22H30N4O2.HI/c1-27-21-7-3-2-6-20(21)25-22(23)24-13-12-18-8-10-19(11-9-18)28-17-16-26-14-4-5-15-26;/h2-3,6-11H,4-5,12-17H2,1H3,(H3,23,24,25);1H. The Labute approximate surface area is 190 Å². The van der Waals surface area contributed by atoms with Crippen LogP contribution in [0.1, 0.15) is 18.4 Å². The summed E-state index contributed by atoms with van der Waals surface area (Å²) in [5, 5.41) is 3.08. The minimum absolute atomic E-state index is 0. The highest BCUT2D eigenvalue weighted by atomic mass is 127. The second-order valence-electron chi connectivity index (χ2n) is 6.88. The van der Waals surface area contributed by atoms with Gasteiger partial charge in [0.25, 0.3) is 0 Å². The van der Waals surface area contributed by atoms with Crippen LogP contribution in [0.5, 0.6) is 11.5 Å². The van der Waals surface area contributed by atoms with Crippen molar-refractivity contribution in [2.75, 3.05) is 45.2 Å². The van der Waals surface area contributed by atoms with E-state index in [1.807, 2.05) is 36.4 Å². The minimum atomic E-state index is 0. The molecule has 1 fully saturated rings. The van der Waals surface area contributed by atoms with Crippen molar-refractivity contribution in [1.29, 1.82) is 0 Å². The fourth-order valence-electron chi connectivity index (χ4n) is 3.28. The molecule has 6 nitrogen and oxygen atoms in total. The maximum absolute atomic E-state index is 5.98. The normalized spacial score (nSPS) is 14.3. The summed E-state index contributed by atoms with van der Waals surface area (Å²) in [7, 11) is 1.63. The summed E-state index contributed by atoms with van der Waals surface area (Å²) in [6, 6.07) is 15.9. The number of rotatable bonds is 9. The third kappa shape index (κ3) is 7.74. The van der Waals surface area contributed by atoms with Crippen LogP contribution in [0.4, 0.5) is 5.69 Å². The van der Waals surface area contributed by atoms with Gasteiger partial charge in [-0.3, -0.25) is 9.89 Å². The first-order chi connectivity index (χ1) is 13.7. The number of hydrogen-bond acceptors (Lipinski definition) is 4. The Bertz CT molecular complexity index is 762. The summed E-state index contributed by atoms with van der Waals surface area (Å²) in [5.74, 6) is 2.04. The maximum Gasteiger partial charge on any atom is 0.193 e. The molecule has 0 amide bonds. The topological polar surface area (TPSA) is 72.1 Å². The van der Waals surface area contributed by atoms with Gasteiger partial charge in [-0.25, -0.2) is 0 Å². The first kappa shape index (κ1) is 23.3. The van der Waals surface area contributed by atoms with Crippen LogP contribution in [-0.2, 0) is 6.42 Å². The number of para-hydroxylation sites is 2. The number of benzene rings is 2. The van der Waals surface area contributed by atoms with Crippen molar-refractivity contribution in [2.24, 2.45) is 10.7 Å². The number of aliphatic imine (C=N–C) groups is 1. The van der Waals surface area contributed by atoms with Crippen molar-refractivity contribution in [3.8, 4) is 11.5 Å². The summed E-state index contributed by atoms with van der Waals surface area (Å²) in [6.45, 7) is 4.78. The van der Waals surface area contributed by atoms with Crippen LogP contribution in [0.15, 0.2) is 53.5 Å². The van der Waals surface area contributed by atoms with Crippen LogP contribution in [0.25, 0.3) is 0 Å². The molecule has 1 aliphatic heterocycles. The number of nitrogens with zero attached hydrogens (tertiary/aromatic N) is 2. The molecule has 1 aliphatic rings. The third-order valence-corrected chi connectivity index (χ3v) is 4.85. The second kappa shape index (κ2) is 12.5. The fraction of sp³-hybridized carbons (Fsp3) is 0.409. The van der Waals surface area contributed by atoms with Crippen molar-refractivity contribution < 1.29 is 9.47 Å². The molecule has 0 atom stereocenters. The van der Waals surface area contributed by atoms with Gasteiger partial charge in [0, 0.05) is 13.1 Å². The molecule has 0 saturated carbocycles. The zero-order chi connectivity index (χ0) is 19.6. The van der Waals surface area contributed by atoms with Gasteiger partial charge in [0.15, 0.2) is 5.96 Å². The van der Waals surface area contributed by atoms with Crippen molar-refractivity contribution in [2.45, 2.75) is 19.3 Å². The molecule has 0 radical (unpaired) electrons. The van der Waals surface area contributed by atoms with Gasteiger partial charge in [-0.2, -0.15) is 0 Å². The average molecular weight is 510 g/mol. The van der Waals surface area contributed by atoms with Crippen LogP contribution in [0, 0.1) is 0 Å². The molecule has 7 heteroatoms. The Kier molecular flexibility index (Phi) is 10.1. The number of ether oxygens (including phenoxy) is 2. The zero-order valence-corrected chi connectivity index (χ0v) is 19.3. The van der Waals surface area contributed by atoms with E-state index >= 15 is 0 Å². The van der Waals surface area contributed by atoms with Gasteiger partial charge in [0.1, 0.15) is 18.1 Å². The predicted molar refractivity (Wildman–Crippen MR) is 130 cm³/mol. The van der Waals surface area contributed by atoms with E-state index in [2.05, 4.69) is 27.3 Å². The lowest BCUT2D eigenvalue weighted by atomic mass is 10.1. The molecule has 0 bridgehead atoms. The lowest BCUT2D eigenvalue weighted by Gasteiger charge is -2.15. The van der Waals surface area contributed by atoms with Gasteiger partial charge in [-0.05, 0) is 62.2 Å². The molecule has 29 heavy (non-hydrogen) atoms. The van der Waals surface area contributed by atoms with E-state index in [1.54, 1.807) is 7.11 Å². The summed E-state index contributed by atoms with van der Waals surface area (Å²) in [6.07, 6.45) is 3.45. The van der Waals surface area contributed by atoms with Crippen LogP contribution in [0.2, 0.25) is 0 Å². The van der Waals surface area contributed by atoms with Gasteiger partial charge in [0.05, 0.1) is 12.8 Å². The van der Waals surface area contributed by atoms with Gasteiger partial charge >= 0.3 is 0 Å². The first-order valence-corrected chi connectivity index (χ1v) is 9.88.